The second kappa shape index (κ2) is 6.72. The van der Waals surface area contributed by atoms with Crippen LogP contribution in [0.4, 0.5) is 0 Å². The largest absolute Gasteiger partial charge is 0.496 e. The van der Waals surface area contributed by atoms with Gasteiger partial charge in [0.15, 0.2) is 0 Å². The number of carbonyl (C=O) groups excluding carboxylic acids is 1. The van der Waals surface area contributed by atoms with Crippen molar-refractivity contribution in [2.45, 2.75) is 0 Å². The average Bonchev–Trinajstić information content (AvgIpc) is 2.37. The zero-order valence-corrected chi connectivity index (χ0v) is 9.86. The van der Waals surface area contributed by atoms with Crippen LogP contribution in [-0.4, -0.2) is 33.3 Å². The Bertz CT molecular complexity index is 359. The summed E-state index contributed by atoms with van der Waals surface area (Å²) in [5, 5.41) is 2.65. The van der Waals surface area contributed by atoms with Crippen molar-refractivity contribution < 1.29 is 19.1 Å². The number of rotatable bonds is 6. The fraction of sp³-hybridized carbons (Fsp3) is 0.364. The van der Waals surface area contributed by atoms with Crippen LogP contribution in [0.2, 0.25) is 0 Å². The zero-order valence-electron chi connectivity index (χ0n) is 9.86. The molecule has 0 aromatic heterocycles. The van der Waals surface area contributed by atoms with Gasteiger partial charge in [0, 0.05) is 6.54 Å². The van der Waals surface area contributed by atoms with Gasteiger partial charge in [-0.3, -0.25) is 4.79 Å². The Balaban J connectivity index is 2.89. The normalized spacial score (nSPS) is 9.82. The lowest BCUT2D eigenvalue weighted by Gasteiger charge is -2.12. The molecule has 0 fully saturated rings. The monoisotopic (exact) mass is 240 g/mol. The number of benzene rings is 1. The molecule has 3 N–H and O–H groups in total. The van der Waals surface area contributed by atoms with Gasteiger partial charge >= 0.3 is 0 Å². The molecule has 0 radical (unpaired) electrons. The van der Waals surface area contributed by atoms with Crippen molar-refractivity contribution in [2.75, 3.05) is 27.4 Å². The number of methoxy groups -OCH3 is 2. The summed E-state index contributed by atoms with van der Waals surface area (Å²) in [5.74, 6) is 5.48. The molecule has 6 nitrogen and oxygen atoms in total. The van der Waals surface area contributed by atoms with Crippen LogP contribution in [0.1, 0.15) is 10.4 Å². The van der Waals surface area contributed by atoms with Crippen molar-refractivity contribution in [3.8, 4) is 11.5 Å². The van der Waals surface area contributed by atoms with Gasteiger partial charge in [-0.25, -0.2) is 5.90 Å². The Kier molecular flexibility index (Phi) is 5.25. The van der Waals surface area contributed by atoms with E-state index in [1.165, 1.54) is 14.2 Å². The molecule has 0 saturated heterocycles. The van der Waals surface area contributed by atoms with Crippen LogP contribution in [0, 0.1) is 0 Å². The van der Waals surface area contributed by atoms with Crippen molar-refractivity contribution in [1.29, 1.82) is 0 Å². The number of carbonyl (C=O) groups is 1. The van der Waals surface area contributed by atoms with E-state index in [-0.39, 0.29) is 12.5 Å². The Hall–Kier alpha value is -1.79. The van der Waals surface area contributed by atoms with Gasteiger partial charge in [0.2, 0.25) is 0 Å². The standard InChI is InChI=1S/C11H16N2O4/c1-15-8-4-3-5-9(16-2)10(8)11(14)13-6-7-17-12/h3-5H,6-7,12H2,1-2H3,(H,13,14). The van der Waals surface area contributed by atoms with E-state index in [0.717, 1.165) is 0 Å². The minimum absolute atomic E-state index is 0.239. The lowest BCUT2D eigenvalue weighted by atomic mass is 10.1. The number of hydrogen-bond acceptors (Lipinski definition) is 5. The number of nitrogens with one attached hydrogen (secondary N) is 1. The van der Waals surface area contributed by atoms with Crippen molar-refractivity contribution in [3.63, 3.8) is 0 Å². The summed E-state index contributed by atoms with van der Waals surface area (Å²) in [6, 6.07) is 5.13. The molecule has 17 heavy (non-hydrogen) atoms. The Labute approximate surface area is 99.6 Å². The number of ether oxygens (including phenoxy) is 2. The van der Waals surface area contributed by atoms with Crippen LogP contribution in [0.25, 0.3) is 0 Å². The van der Waals surface area contributed by atoms with Gasteiger partial charge < -0.3 is 19.6 Å². The van der Waals surface area contributed by atoms with Gasteiger partial charge in [0.25, 0.3) is 5.91 Å². The lowest BCUT2D eigenvalue weighted by Crippen LogP contribution is -2.28. The van der Waals surface area contributed by atoms with Crippen molar-refractivity contribution in [1.82, 2.24) is 5.32 Å². The smallest absolute Gasteiger partial charge is 0.258 e. The van der Waals surface area contributed by atoms with E-state index in [1.807, 2.05) is 0 Å². The predicted molar refractivity (Wildman–Crippen MR) is 62.0 cm³/mol. The van der Waals surface area contributed by atoms with Crippen LogP contribution in [-0.2, 0) is 4.84 Å². The molecular formula is C11H16N2O4. The van der Waals surface area contributed by atoms with Gasteiger partial charge in [-0.1, -0.05) is 6.07 Å². The molecule has 1 rings (SSSR count). The van der Waals surface area contributed by atoms with Gasteiger partial charge in [0.1, 0.15) is 17.1 Å². The van der Waals surface area contributed by atoms with E-state index in [9.17, 15) is 4.79 Å². The first-order valence-corrected chi connectivity index (χ1v) is 5.05. The second-order valence-electron chi connectivity index (χ2n) is 3.16. The molecule has 0 aliphatic rings. The summed E-state index contributed by atoms with van der Waals surface area (Å²) < 4.78 is 10.2. The third kappa shape index (κ3) is 3.33. The van der Waals surface area contributed by atoms with Gasteiger partial charge in [-0.2, -0.15) is 0 Å². The van der Waals surface area contributed by atoms with E-state index >= 15 is 0 Å². The molecule has 94 valence electrons. The van der Waals surface area contributed by atoms with Gasteiger partial charge in [-0.15, -0.1) is 0 Å². The predicted octanol–water partition coefficient (Wildman–Crippen LogP) is 0.324. The van der Waals surface area contributed by atoms with Gasteiger partial charge in [-0.05, 0) is 12.1 Å². The third-order valence-electron chi connectivity index (χ3n) is 2.16. The first kappa shape index (κ1) is 13.3. The molecule has 6 heteroatoms. The van der Waals surface area contributed by atoms with Crippen LogP contribution in [0.3, 0.4) is 0 Å². The maximum Gasteiger partial charge on any atom is 0.258 e. The van der Waals surface area contributed by atoms with Crippen LogP contribution in [0.5, 0.6) is 11.5 Å². The van der Waals surface area contributed by atoms with E-state index in [4.69, 9.17) is 15.4 Å². The molecule has 1 aromatic carbocycles. The Morgan fingerprint density at radius 2 is 1.88 bits per heavy atom. The number of nitrogens with two attached hydrogens (primary N) is 1. The number of hydrogen-bond donors (Lipinski definition) is 2. The highest BCUT2D eigenvalue weighted by atomic mass is 16.6. The van der Waals surface area contributed by atoms with Crippen molar-refractivity contribution in [2.24, 2.45) is 5.90 Å². The Morgan fingerprint density at radius 3 is 2.35 bits per heavy atom. The summed E-state index contributed by atoms with van der Waals surface area (Å²) >= 11 is 0. The molecule has 0 unspecified atom stereocenters. The molecule has 0 aliphatic heterocycles. The van der Waals surface area contributed by atoms with E-state index < -0.39 is 0 Å². The highest BCUT2D eigenvalue weighted by Gasteiger charge is 2.17. The molecule has 0 atom stereocenters. The average molecular weight is 240 g/mol. The summed E-state index contributed by atoms with van der Waals surface area (Å²) in [6.45, 7) is 0.555. The molecule has 1 amide bonds. The first-order chi connectivity index (χ1) is 8.24. The molecule has 0 aliphatic carbocycles. The zero-order chi connectivity index (χ0) is 12.7. The fourth-order valence-corrected chi connectivity index (χ4v) is 1.39. The fourth-order valence-electron chi connectivity index (χ4n) is 1.39. The van der Waals surface area contributed by atoms with Crippen LogP contribution < -0.4 is 20.7 Å². The van der Waals surface area contributed by atoms with Crippen molar-refractivity contribution >= 4 is 5.91 Å². The maximum atomic E-state index is 11.9. The minimum atomic E-state index is -0.295. The second-order valence-corrected chi connectivity index (χ2v) is 3.16. The summed E-state index contributed by atoms with van der Waals surface area (Å²) in [7, 11) is 2.99. The summed E-state index contributed by atoms with van der Waals surface area (Å²) in [5.41, 5.74) is 0.356. The van der Waals surface area contributed by atoms with Crippen LogP contribution in [0.15, 0.2) is 18.2 Å². The minimum Gasteiger partial charge on any atom is -0.496 e. The summed E-state index contributed by atoms with van der Waals surface area (Å²) in [4.78, 5) is 16.3. The first-order valence-electron chi connectivity index (χ1n) is 5.05. The SMILES string of the molecule is COc1cccc(OC)c1C(=O)NCCON. The number of amides is 1. The van der Waals surface area contributed by atoms with E-state index in [1.54, 1.807) is 18.2 Å². The highest BCUT2D eigenvalue weighted by Crippen LogP contribution is 2.27. The molecular weight excluding hydrogens is 224 g/mol. The van der Waals surface area contributed by atoms with Gasteiger partial charge in [0.05, 0.1) is 20.8 Å². The lowest BCUT2D eigenvalue weighted by molar-refractivity contribution is 0.0911. The molecule has 0 bridgehead atoms. The Morgan fingerprint density at radius 1 is 1.29 bits per heavy atom. The van der Waals surface area contributed by atoms with E-state index in [2.05, 4.69) is 10.2 Å². The molecule has 0 saturated carbocycles. The third-order valence-corrected chi connectivity index (χ3v) is 2.16. The molecule has 1 aromatic rings. The molecule has 0 spiro atoms. The topological polar surface area (TPSA) is 82.8 Å². The van der Waals surface area contributed by atoms with Crippen molar-refractivity contribution in [3.05, 3.63) is 23.8 Å². The maximum absolute atomic E-state index is 11.9. The summed E-state index contributed by atoms with van der Waals surface area (Å²) in [6.07, 6.45) is 0. The highest BCUT2D eigenvalue weighted by molar-refractivity contribution is 5.99. The molecule has 0 heterocycles. The quantitative estimate of drug-likeness (QED) is 0.553. The van der Waals surface area contributed by atoms with E-state index in [0.29, 0.717) is 23.6 Å². The van der Waals surface area contributed by atoms with Crippen LogP contribution >= 0.6 is 0 Å².